The van der Waals surface area contributed by atoms with E-state index in [0.717, 1.165) is 10.6 Å². The SMILES string of the molecule is Cc1nc(N=NC2C(=O)NS(=O)(=O)N(Cc3ccccc3)C2=O)sc1C. The summed E-state index contributed by atoms with van der Waals surface area (Å²) in [6.07, 6.45) is 0. The summed E-state index contributed by atoms with van der Waals surface area (Å²) in [5.74, 6) is -1.99. The minimum atomic E-state index is -4.27. The molecule has 1 fully saturated rings. The summed E-state index contributed by atoms with van der Waals surface area (Å²) in [5.41, 5.74) is 1.37. The molecule has 2 heterocycles. The van der Waals surface area contributed by atoms with Crippen LogP contribution >= 0.6 is 11.3 Å². The molecule has 0 bridgehead atoms. The van der Waals surface area contributed by atoms with Crippen molar-refractivity contribution < 1.29 is 18.0 Å². The van der Waals surface area contributed by atoms with E-state index in [-0.39, 0.29) is 6.54 Å². The first kappa shape index (κ1) is 18.1. The van der Waals surface area contributed by atoms with Crippen LogP contribution in [0.15, 0.2) is 40.6 Å². The van der Waals surface area contributed by atoms with E-state index < -0.39 is 28.1 Å². The molecule has 0 spiro atoms. The summed E-state index contributed by atoms with van der Waals surface area (Å²) in [7, 11) is -4.27. The monoisotopic (exact) mass is 393 g/mol. The molecule has 3 rings (SSSR count). The zero-order valence-corrected chi connectivity index (χ0v) is 15.5. The number of nitrogens with zero attached hydrogens (tertiary/aromatic N) is 4. The van der Waals surface area contributed by atoms with Crippen LogP contribution in [0.25, 0.3) is 0 Å². The van der Waals surface area contributed by atoms with Crippen LogP contribution < -0.4 is 4.72 Å². The second-order valence-electron chi connectivity index (χ2n) is 5.56. The molecule has 0 radical (unpaired) electrons. The number of amides is 2. The van der Waals surface area contributed by atoms with Gasteiger partial charge in [0.15, 0.2) is 0 Å². The van der Waals surface area contributed by atoms with E-state index in [1.165, 1.54) is 11.3 Å². The predicted octanol–water partition coefficient (Wildman–Crippen LogP) is 1.62. The molecule has 1 aromatic carbocycles. The standard InChI is InChI=1S/C15H15N5O4S2/c1-9-10(2)25-15(16-9)18-17-12-13(21)19-26(23,24)20(14(12)22)8-11-6-4-3-5-7-11/h3-7,12H,8H2,1-2H3,(H,19,21). The van der Waals surface area contributed by atoms with Crippen LogP contribution in [-0.2, 0) is 26.3 Å². The summed E-state index contributed by atoms with van der Waals surface area (Å²) >= 11 is 1.26. The predicted molar refractivity (Wildman–Crippen MR) is 93.9 cm³/mol. The molecule has 26 heavy (non-hydrogen) atoms. The molecule has 1 saturated heterocycles. The summed E-state index contributed by atoms with van der Waals surface area (Å²) in [4.78, 5) is 29.6. The molecule has 2 aromatic rings. The van der Waals surface area contributed by atoms with E-state index >= 15 is 0 Å². The second kappa shape index (κ2) is 6.92. The first-order valence-electron chi connectivity index (χ1n) is 7.55. The molecule has 2 amide bonds. The molecule has 1 aliphatic heterocycles. The first-order chi connectivity index (χ1) is 12.3. The molecular weight excluding hydrogens is 378 g/mol. The summed E-state index contributed by atoms with van der Waals surface area (Å²) in [6, 6.07) is 6.99. The van der Waals surface area contributed by atoms with Crippen LogP contribution in [0.2, 0.25) is 0 Å². The Labute approximate surface area is 154 Å². The number of hydrogen-bond donors (Lipinski definition) is 1. The van der Waals surface area contributed by atoms with E-state index in [4.69, 9.17) is 0 Å². The maximum absolute atomic E-state index is 12.6. The number of aryl methyl sites for hydroxylation is 2. The number of azo groups is 1. The first-order valence-corrected chi connectivity index (χ1v) is 9.80. The van der Waals surface area contributed by atoms with E-state index in [1.54, 1.807) is 37.3 Å². The number of benzene rings is 1. The summed E-state index contributed by atoms with van der Waals surface area (Å²) < 4.78 is 26.7. The molecule has 1 atom stereocenters. The van der Waals surface area contributed by atoms with Gasteiger partial charge in [0.05, 0.1) is 12.2 Å². The lowest BCUT2D eigenvalue weighted by molar-refractivity contribution is -0.136. The summed E-state index contributed by atoms with van der Waals surface area (Å²) in [5, 5.41) is 7.86. The number of thiazole rings is 1. The van der Waals surface area contributed by atoms with Crippen molar-refractivity contribution in [3.8, 4) is 0 Å². The van der Waals surface area contributed by atoms with Crippen molar-refractivity contribution in [2.24, 2.45) is 10.2 Å². The maximum atomic E-state index is 12.6. The smallest absolute Gasteiger partial charge is 0.271 e. The van der Waals surface area contributed by atoms with Crippen molar-refractivity contribution in [1.82, 2.24) is 14.0 Å². The zero-order chi connectivity index (χ0) is 18.9. The lowest BCUT2D eigenvalue weighted by Gasteiger charge is -2.29. The molecule has 1 N–H and O–H groups in total. The van der Waals surface area contributed by atoms with Gasteiger partial charge in [-0.25, -0.2) is 14.0 Å². The van der Waals surface area contributed by atoms with Crippen molar-refractivity contribution >= 4 is 38.5 Å². The van der Waals surface area contributed by atoms with Crippen molar-refractivity contribution in [3.05, 3.63) is 46.5 Å². The Morgan fingerprint density at radius 3 is 2.54 bits per heavy atom. The second-order valence-corrected chi connectivity index (χ2v) is 8.33. The van der Waals surface area contributed by atoms with Gasteiger partial charge in [0.2, 0.25) is 11.2 Å². The molecule has 0 aliphatic carbocycles. The van der Waals surface area contributed by atoms with Crippen molar-refractivity contribution in [2.45, 2.75) is 26.4 Å². The van der Waals surface area contributed by atoms with Gasteiger partial charge in [-0.15, -0.1) is 5.11 Å². The fourth-order valence-electron chi connectivity index (χ4n) is 2.22. The van der Waals surface area contributed by atoms with E-state index in [0.29, 0.717) is 15.0 Å². The lowest BCUT2D eigenvalue weighted by Crippen LogP contribution is -2.59. The Bertz CT molecular complexity index is 965. The van der Waals surface area contributed by atoms with Gasteiger partial charge in [-0.1, -0.05) is 41.7 Å². The fraction of sp³-hybridized carbons (Fsp3) is 0.267. The summed E-state index contributed by atoms with van der Waals surface area (Å²) in [6.45, 7) is 3.46. The van der Waals surface area contributed by atoms with Gasteiger partial charge in [-0.05, 0) is 19.4 Å². The number of aromatic nitrogens is 1. The van der Waals surface area contributed by atoms with Gasteiger partial charge in [0.1, 0.15) is 0 Å². The van der Waals surface area contributed by atoms with Gasteiger partial charge < -0.3 is 0 Å². The van der Waals surface area contributed by atoms with Gasteiger partial charge in [-0.3, -0.25) is 9.59 Å². The third-order valence-corrected chi connectivity index (χ3v) is 6.00. The van der Waals surface area contributed by atoms with Crippen LogP contribution in [0.4, 0.5) is 5.13 Å². The normalized spacial score (nSPS) is 19.8. The number of rotatable bonds is 4. The topological polar surface area (TPSA) is 121 Å². The number of nitrogens with one attached hydrogen (secondary N) is 1. The maximum Gasteiger partial charge on any atom is 0.328 e. The molecule has 136 valence electrons. The van der Waals surface area contributed by atoms with Crippen LogP contribution in [0, 0.1) is 13.8 Å². The highest BCUT2D eigenvalue weighted by Crippen LogP contribution is 2.25. The third kappa shape index (κ3) is 3.63. The molecule has 1 aromatic heterocycles. The number of hydrogen-bond acceptors (Lipinski definition) is 8. The van der Waals surface area contributed by atoms with Gasteiger partial charge >= 0.3 is 10.2 Å². The van der Waals surface area contributed by atoms with E-state index in [1.807, 2.05) is 11.6 Å². The minimum Gasteiger partial charge on any atom is -0.271 e. The lowest BCUT2D eigenvalue weighted by atomic mass is 10.2. The van der Waals surface area contributed by atoms with Crippen molar-refractivity contribution in [1.29, 1.82) is 0 Å². The molecule has 9 nitrogen and oxygen atoms in total. The Morgan fingerprint density at radius 1 is 1.23 bits per heavy atom. The zero-order valence-electron chi connectivity index (χ0n) is 13.9. The van der Waals surface area contributed by atoms with Gasteiger partial charge in [0.25, 0.3) is 11.8 Å². The minimum absolute atomic E-state index is 0.205. The average molecular weight is 393 g/mol. The van der Waals surface area contributed by atoms with Gasteiger partial charge in [-0.2, -0.15) is 13.5 Å². The Balaban J connectivity index is 1.86. The molecule has 0 saturated carbocycles. The van der Waals surface area contributed by atoms with E-state index in [2.05, 4.69) is 15.2 Å². The molecule has 11 heteroatoms. The molecular formula is C15H15N5O4S2. The van der Waals surface area contributed by atoms with Crippen LogP contribution in [0.3, 0.4) is 0 Å². The van der Waals surface area contributed by atoms with Gasteiger partial charge in [0, 0.05) is 4.88 Å². The largest absolute Gasteiger partial charge is 0.328 e. The number of carbonyl (C=O) groups excluding carboxylic acids is 2. The quantitative estimate of drug-likeness (QED) is 0.625. The fourth-order valence-corrected chi connectivity index (χ4v) is 4.09. The highest BCUT2D eigenvalue weighted by molar-refractivity contribution is 7.88. The average Bonchev–Trinajstić information content (AvgIpc) is 2.90. The van der Waals surface area contributed by atoms with Crippen LogP contribution in [-0.4, -0.2) is 35.6 Å². The van der Waals surface area contributed by atoms with Crippen molar-refractivity contribution in [2.75, 3.05) is 0 Å². The third-order valence-electron chi connectivity index (χ3n) is 3.69. The van der Waals surface area contributed by atoms with Crippen LogP contribution in [0.5, 0.6) is 0 Å². The Hall–Kier alpha value is -2.66. The highest BCUT2D eigenvalue weighted by atomic mass is 32.2. The molecule has 1 unspecified atom stereocenters. The Kier molecular flexibility index (Phi) is 4.83. The van der Waals surface area contributed by atoms with E-state index in [9.17, 15) is 18.0 Å². The van der Waals surface area contributed by atoms with Crippen LogP contribution in [0.1, 0.15) is 16.1 Å². The molecule has 1 aliphatic rings. The Morgan fingerprint density at radius 2 is 1.92 bits per heavy atom. The van der Waals surface area contributed by atoms with Crippen molar-refractivity contribution in [3.63, 3.8) is 0 Å². The number of carbonyl (C=O) groups is 2. The highest BCUT2D eigenvalue weighted by Gasteiger charge is 2.44.